The first kappa shape index (κ1) is 14.4. The van der Waals surface area contributed by atoms with Gasteiger partial charge in [-0.05, 0) is 12.1 Å². The Labute approximate surface area is 120 Å². The van der Waals surface area contributed by atoms with E-state index in [-0.39, 0.29) is 12.1 Å². The molecule has 2 aromatic rings. The van der Waals surface area contributed by atoms with Crippen molar-refractivity contribution < 1.29 is 14.4 Å². The Hall–Kier alpha value is -2.96. The normalized spacial score (nSPS) is 11.8. The van der Waals surface area contributed by atoms with Crippen molar-refractivity contribution in [3.05, 3.63) is 42.1 Å². The van der Waals surface area contributed by atoms with Crippen LogP contribution < -0.4 is 16.8 Å². The zero-order chi connectivity index (χ0) is 15.4. The first-order valence-electron chi connectivity index (χ1n) is 6.21. The van der Waals surface area contributed by atoms with Gasteiger partial charge in [0.05, 0.1) is 11.9 Å². The minimum Gasteiger partial charge on any atom is -0.370 e. The number of aromatic nitrogens is 1. The number of amides is 3. The number of fused-ring (bicyclic) bond motifs is 1. The molecule has 7 heteroatoms. The summed E-state index contributed by atoms with van der Waals surface area (Å²) >= 11 is 0. The molecule has 5 N–H and O–H groups in total. The van der Waals surface area contributed by atoms with Crippen LogP contribution in [0.2, 0.25) is 0 Å². The molecule has 1 aromatic carbocycles. The summed E-state index contributed by atoms with van der Waals surface area (Å²) in [6.07, 6.45) is -0.353. The van der Waals surface area contributed by atoms with Gasteiger partial charge < -0.3 is 16.8 Å². The van der Waals surface area contributed by atoms with E-state index in [1.54, 1.807) is 18.2 Å². The van der Waals surface area contributed by atoms with Crippen LogP contribution in [-0.4, -0.2) is 28.7 Å². The summed E-state index contributed by atoms with van der Waals surface area (Å²) in [5, 5.41) is 3.24. The molecule has 21 heavy (non-hydrogen) atoms. The van der Waals surface area contributed by atoms with Crippen LogP contribution in [0.4, 0.5) is 0 Å². The highest BCUT2D eigenvalue weighted by Gasteiger charge is 2.21. The Morgan fingerprint density at radius 2 is 1.81 bits per heavy atom. The van der Waals surface area contributed by atoms with Gasteiger partial charge in [-0.2, -0.15) is 0 Å². The Bertz CT molecular complexity index is 714. The molecule has 1 unspecified atom stereocenters. The number of nitrogens with one attached hydrogen (secondary N) is 1. The van der Waals surface area contributed by atoms with Gasteiger partial charge in [-0.25, -0.2) is 4.98 Å². The van der Waals surface area contributed by atoms with Gasteiger partial charge in [-0.1, -0.05) is 24.3 Å². The van der Waals surface area contributed by atoms with Crippen LogP contribution in [0.15, 0.2) is 36.4 Å². The number of hydrogen-bond donors (Lipinski definition) is 3. The van der Waals surface area contributed by atoms with E-state index < -0.39 is 23.8 Å². The summed E-state index contributed by atoms with van der Waals surface area (Å²) in [4.78, 5) is 38.3. The number of carbonyl (C=O) groups excluding carboxylic acids is 3. The van der Waals surface area contributed by atoms with Crippen LogP contribution in [-0.2, 0) is 9.59 Å². The molecule has 0 aliphatic carbocycles. The summed E-state index contributed by atoms with van der Waals surface area (Å²) in [6.45, 7) is 0. The summed E-state index contributed by atoms with van der Waals surface area (Å²) in [5.41, 5.74) is 10.9. The lowest BCUT2D eigenvalue weighted by Crippen LogP contribution is -2.46. The van der Waals surface area contributed by atoms with E-state index in [9.17, 15) is 14.4 Å². The largest absolute Gasteiger partial charge is 0.370 e. The van der Waals surface area contributed by atoms with E-state index in [0.717, 1.165) is 5.39 Å². The number of primary amides is 2. The number of benzene rings is 1. The fourth-order valence-corrected chi connectivity index (χ4v) is 1.85. The Kier molecular flexibility index (Phi) is 4.13. The molecular weight excluding hydrogens is 272 g/mol. The van der Waals surface area contributed by atoms with E-state index in [1.165, 1.54) is 6.07 Å². The number of nitrogens with zero attached hydrogens (tertiary/aromatic N) is 1. The second-order valence-electron chi connectivity index (χ2n) is 4.49. The monoisotopic (exact) mass is 286 g/mol. The highest BCUT2D eigenvalue weighted by Crippen LogP contribution is 2.11. The zero-order valence-electron chi connectivity index (χ0n) is 11.1. The number of para-hydroxylation sites is 1. The third kappa shape index (κ3) is 3.53. The maximum absolute atomic E-state index is 12.1. The van der Waals surface area contributed by atoms with Crippen LogP contribution in [0.25, 0.3) is 10.9 Å². The molecule has 0 aliphatic rings. The molecule has 0 fully saturated rings. The Balaban J connectivity index is 2.20. The van der Waals surface area contributed by atoms with E-state index in [1.807, 2.05) is 12.1 Å². The van der Waals surface area contributed by atoms with Crippen molar-refractivity contribution in [1.29, 1.82) is 0 Å². The summed E-state index contributed by atoms with van der Waals surface area (Å²) in [5.74, 6) is -2.15. The highest BCUT2D eigenvalue weighted by atomic mass is 16.2. The van der Waals surface area contributed by atoms with Crippen molar-refractivity contribution in [1.82, 2.24) is 10.3 Å². The van der Waals surface area contributed by atoms with Crippen molar-refractivity contribution in [2.75, 3.05) is 0 Å². The molecular formula is C14H14N4O3. The third-order valence-electron chi connectivity index (χ3n) is 2.89. The molecule has 108 valence electrons. The first-order chi connectivity index (χ1) is 9.97. The topological polar surface area (TPSA) is 128 Å². The maximum Gasteiger partial charge on any atom is 0.270 e. The van der Waals surface area contributed by atoms with Gasteiger partial charge in [0.1, 0.15) is 11.7 Å². The van der Waals surface area contributed by atoms with Crippen molar-refractivity contribution in [2.24, 2.45) is 11.5 Å². The third-order valence-corrected chi connectivity index (χ3v) is 2.89. The van der Waals surface area contributed by atoms with Gasteiger partial charge in [-0.15, -0.1) is 0 Å². The maximum atomic E-state index is 12.1. The Morgan fingerprint density at radius 1 is 1.10 bits per heavy atom. The van der Waals surface area contributed by atoms with Crippen LogP contribution >= 0.6 is 0 Å². The molecule has 0 aliphatic heterocycles. The molecule has 0 saturated heterocycles. The van der Waals surface area contributed by atoms with E-state index >= 15 is 0 Å². The molecule has 0 bridgehead atoms. The number of nitrogens with two attached hydrogens (primary N) is 2. The smallest absolute Gasteiger partial charge is 0.270 e. The predicted octanol–water partition coefficient (Wildman–Crippen LogP) is -0.306. The quantitative estimate of drug-likeness (QED) is 0.696. The number of hydrogen-bond acceptors (Lipinski definition) is 4. The predicted molar refractivity (Wildman–Crippen MR) is 76.0 cm³/mol. The number of rotatable bonds is 5. The molecule has 1 aromatic heterocycles. The minimum atomic E-state index is -1.15. The standard InChI is InChI=1S/C14H14N4O3/c15-12(19)7-11(13(16)20)18-14(21)10-6-5-8-3-1-2-4-9(8)17-10/h1-6,11H,7H2,(H2,15,19)(H2,16,20)(H,18,21). The molecule has 1 atom stereocenters. The van der Waals surface area contributed by atoms with Crippen LogP contribution in [0.1, 0.15) is 16.9 Å². The second-order valence-corrected chi connectivity index (χ2v) is 4.49. The van der Waals surface area contributed by atoms with Gasteiger partial charge in [0.2, 0.25) is 11.8 Å². The van der Waals surface area contributed by atoms with E-state index in [2.05, 4.69) is 10.3 Å². The fourth-order valence-electron chi connectivity index (χ4n) is 1.85. The number of pyridine rings is 1. The van der Waals surface area contributed by atoms with Gasteiger partial charge in [0, 0.05) is 5.39 Å². The lowest BCUT2D eigenvalue weighted by Gasteiger charge is -2.13. The number of carbonyl (C=O) groups is 3. The van der Waals surface area contributed by atoms with Gasteiger partial charge in [-0.3, -0.25) is 14.4 Å². The molecule has 1 heterocycles. The van der Waals surface area contributed by atoms with E-state index in [4.69, 9.17) is 11.5 Å². The molecule has 2 rings (SSSR count). The van der Waals surface area contributed by atoms with Gasteiger partial charge in [0.15, 0.2) is 0 Å². The molecule has 0 spiro atoms. The lowest BCUT2D eigenvalue weighted by molar-refractivity contribution is -0.124. The Morgan fingerprint density at radius 3 is 2.48 bits per heavy atom. The summed E-state index contributed by atoms with van der Waals surface area (Å²) in [7, 11) is 0. The van der Waals surface area contributed by atoms with E-state index in [0.29, 0.717) is 5.52 Å². The minimum absolute atomic E-state index is 0.129. The van der Waals surface area contributed by atoms with Crippen LogP contribution in [0.5, 0.6) is 0 Å². The average molecular weight is 286 g/mol. The SMILES string of the molecule is NC(=O)CC(NC(=O)c1ccc2ccccc2n1)C(N)=O. The summed E-state index contributed by atoms with van der Waals surface area (Å²) < 4.78 is 0. The second kappa shape index (κ2) is 6.00. The molecule has 7 nitrogen and oxygen atoms in total. The first-order valence-corrected chi connectivity index (χ1v) is 6.21. The van der Waals surface area contributed by atoms with Crippen LogP contribution in [0.3, 0.4) is 0 Å². The van der Waals surface area contributed by atoms with Crippen molar-refractivity contribution in [2.45, 2.75) is 12.5 Å². The summed E-state index contributed by atoms with van der Waals surface area (Å²) in [6, 6.07) is 9.41. The van der Waals surface area contributed by atoms with Gasteiger partial charge >= 0.3 is 0 Å². The highest BCUT2D eigenvalue weighted by molar-refractivity contribution is 5.98. The fraction of sp³-hybridized carbons (Fsp3) is 0.143. The molecule has 0 radical (unpaired) electrons. The molecule has 3 amide bonds. The average Bonchev–Trinajstić information content (AvgIpc) is 2.45. The zero-order valence-corrected chi connectivity index (χ0v) is 11.1. The van der Waals surface area contributed by atoms with Crippen molar-refractivity contribution >= 4 is 28.6 Å². The molecule has 0 saturated carbocycles. The van der Waals surface area contributed by atoms with Crippen molar-refractivity contribution in [3.63, 3.8) is 0 Å². The van der Waals surface area contributed by atoms with Gasteiger partial charge in [0.25, 0.3) is 5.91 Å². The lowest BCUT2D eigenvalue weighted by atomic mass is 10.1. The van der Waals surface area contributed by atoms with Crippen LogP contribution in [0, 0.1) is 0 Å². The van der Waals surface area contributed by atoms with Crippen molar-refractivity contribution in [3.8, 4) is 0 Å².